The first-order valence-corrected chi connectivity index (χ1v) is 13.9. The number of hydrogen-bond donors (Lipinski definition) is 1. The second-order valence-corrected chi connectivity index (χ2v) is 13.3. The molecular weight excluding hydrogens is 406 g/mol. The standard InChI is InChI=1S/C29H45N3O/c1-19(2)13-29(33)12-10-23-22(14-29)5-6-25-24(23)9-11-28(4)26(7-8-27(25)28)20(3)17-32-18-21(15-30)16-31-32/h16,18-20,22-27,33H,5-14,17H2,1-4H3/t20-,22+,23-,24+,25+,26+,27-,28+,29-/m0/s1. The molecule has 9 atom stereocenters. The van der Waals surface area contributed by atoms with E-state index in [1.165, 1.54) is 44.9 Å². The van der Waals surface area contributed by atoms with Gasteiger partial charge in [0.2, 0.25) is 0 Å². The summed E-state index contributed by atoms with van der Waals surface area (Å²) >= 11 is 0. The van der Waals surface area contributed by atoms with Crippen LogP contribution in [-0.4, -0.2) is 20.5 Å². The molecule has 4 heteroatoms. The Labute approximate surface area is 201 Å². The molecule has 0 saturated heterocycles. The first kappa shape index (κ1) is 23.4. The molecule has 0 unspecified atom stereocenters. The van der Waals surface area contributed by atoms with Crippen molar-refractivity contribution in [1.29, 1.82) is 5.26 Å². The molecule has 4 nitrogen and oxygen atoms in total. The largest absolute Gasteiger partial charge is 0.390 e. The number of aliphatic hydroxyl groups is 1. The summed E-state index contributed by atoms with van der Waals surface area (Å²) in [4.78, 5) is 0. The molecule has 0 aliphatic heterocycles. The lowest BCUT2D eigenvalue weighted by Gasteiger charge is -2.57. The summed E-state index contributed by atoms with van der Waals surface area (Å²) in [6.07, 6.45) is 16.3. The van der Waals surface area contributed by atoms with Crippen molar-refractivity contribution in [2.24, 2.45) is 52.8 Å². The Morgan fingerprint density at radius 3 is 2.61 bits per heavy atom. The summed E-state index contributed by atoms with van der Waals surface area (Å²) in [7, 11) is 0. The molecule has 1 aromatic heterocycles. The zero-order valence-corrected chi connectivity index (χ0v) is 21.3. The van der Waals surface area contributed by atoms with Gasteiger partial charge in [-0.1, -0.05) is 27.7 Å². The molecule has 1 N–H and O–H groups in total. The zero-order chi connectivity index (χ0) is 23.4. The van der Waals surface area contributed by atoms with Gasteiger partial charge in [0.15, 0.2) is 0 Å². The molecular formula is C29H45N3O. The van der Waals surface area contributed by atoms with Crippen molar-refractivity contribution in [2.75, 3.05) is 0 Å². The summed E-state index contributed by atoms with van der Waals surface area (Å²) < 4.78 is 2.00. The van der Waals surface area contributed by atoms with E-state index in [2.05, 4.69) is 38.9 Å². The fourth-order valence-electron chi connectivity index (χ4n) is 9.83. The summed E-state index contributed by atoms with van der Waals surface area (Å²) in [6, 6.07) is 2.21. The molecule has 1 aromatic rings. The van der Waals surface area contributed by atoms with Crippen molar-refractivity contribution in [1.82, 2.24) is 9.78 Å². The van der Waals surface area contributed by atoms with Crippen LogP contribution in [0.15, 0.2) is 12.4 Å². The van der Waals surface area contributed by atoms with Gasteiger partial charge in [0.25, 0.3) is 0 Å². The maximum absolute atomic E-state index is 11.3. The van der Waals surface area contributed by atoms with Crippen LogP contribution in [0.25, 0.3) is 0 Å². The first-order chi connectivity index (χ1) is 15.7. The van der Waals surface area contributed by atoms with Gasteiger partial charge in [0.05, 0.1) is 17.4 Å². The minimum Gasteiger partial charge on any atom is -0.390 e. The number of nitriles is 1. The van der Waals surface area contributed by atoms with Gasteiger partial charge in [-0.05, 0) is 117 Å². The minimum atomic E-state index is -0.392. The first-order valence-electron chi connectivity index (χ1n) is 13.9. The molecule has 0 bridgehead atoms. The fourth-order valence-corrected chi connectivity index (χ4v) is 9.83. The van der Waals surface area contributed by atoms with Gasteiger partial charge in [-0.15, -0.1) is 0 Å². The Morgan fingerprint density at radius 2 is 1.88 bits per heavy atom. The lowest BCUT2D eigenvalue weighted by atomic mass is 9.48. The van der Waals surface area contributed by atoms with E-state index in [4.69, 9.17) is 5.26 Å². The highest BCUT2D eigenvalue weighted by molar-refractivity contribution is 5.21. The van der Waals surface area contributed by atoms with Crippen LogP contribution in [0.4, 0.5) is 0 Å². The van der Waals surface area contributed by atoms with E-state index >= 15 is 0 Å². The van der Waals surface area contributed by atoms with Gasteiger partial charge < -0.3 is 5.11 Å². The van der Waals surface area contributed by atoms with E-state index in [9.17, 15) is 5.11 Å². The van der Waals surface area contributed by atoms with Crippen LogP contribution in [-0.2, 0) is 6.54 Å². The molecule has 0 aromatic carbocycles. The summed E-state index contributed by atoms with van der Waals surface area (Å²) in [5.74, 6) is 6.28. The molecule has 5 rings (SSSR count). The van der Waals surface area contributed by atoms with Crippen molar-refractivity contribution < 1.29 is 5.11 Å². The molecule has 4 aliphatic rings. The molecule has 0 amide bonds. The molecule has 0 radical (unpaired) electrons. The number of rotatable bonds is 5. The van der Waals surface area contributed by atoms with Gasteiger partial charge in [-0.25, -0.2) is 0 Å². The second-order valence-electron chi connectivity index (χ2n) is 13.3. The second kappa shape index (κ2) is 8.71. The molecule has 182 valence electrons. The molecule has 0 spiro atoms. The van der Waals surface area contributed by atoms with Crippen LogP contribution in [0, 0.1) is 64.1 Å². The minimum absolute atomic E-state index is 0.392. The lowest BCUT2D eigenvalue weighted by Crippen LogP contribution is -2.51. The maximum atomic E-state index is 11.3. The van der Waals surface area contributed by atoms with Crippen molar-refractivity contribution in [3.8, 4) is 6.07 Å². The van der Waals surface area contributed by atoms with Gasteiger partial charge in [0.1, 0.15) is 6.07 Å². The lowest BCUT2D eigenvalue weighted by molar-refractivity contribution is -0.113. The van der Waals surface area contributed by atoms with Crippen molar-refractivity contribution in [3.05, 3.63) is 18.0 Å². The monoisotopic (exact) mass is 451 g/mol. The topological polar surface area (TPSA) is 61.8 Å². The van der Waals surface area contributed by atoms with Crippen LogP contribution >= 0.6 is 0 Å². The molecule has 33 heavy (non-hydrogen) atoms. The average molecular weight is 452 g/mol. The summed E-state index contributed by atoms with van der Waals surface area (Å²) in [6.45, 7) is 10.5. The van der Waals surface area contributed by atoms with Crippen LogP contribution in [0.5, 0.6) is 0 Å². The fraction of sp³-hybridized carbons (Fsp3) is 0.862. The Balaban J connectivity index is 1.26. The smallest absolute Gasteiger partial charge is 0.102 e. The predicted molar refractivity (Wildman–Crippen MR) is 131 cm³/mol. The Hall–Kier alpha value is -1.34. The van der Waals surface area contributed by atoms with Crippen LogP contribution in [0.3, 0.4) is 0 Å². The Kier molecular flexibility index (Phi) is 6.17. The third-order valence-electron chi connectivity index (χ3n) is 10.9. The number of aromatic nitrogens is 2. The van der Waals surface area contributed by atoms with Gasteiger partial charge in [-0.2, -0.15) is 10.4 Å². The van der Waals surface area contributed by atoms with Crippen LogP contribution in [0.1, 0.15) is 97.5 Å². The van der Waals surface area contributed by atoms with Crippen LogP contribution < -0.4 is 0 Å². The van der Waals surface area contributed by atoms with Gasteiger partial charge in [-0.3, -0.25) is 4.68 Å². The van der Waals surface area contributed by atoms with E-state index in [0.717, 1.165) is 61.3 Å². The third kappa shape index (κ3) is 4.18. The Morgan fingerprint density at radius 1 is 1.09 bits per heavy atom. The highest BCUT2D eigenvalue weighted by Gasteiger charge is 2.58. The summed E-state index contributed by atoms with van der Waals surface area (Å²) in [5, 5.41) is 24.9. The normalized spacial score (nSPS) is 43.4. The van der Waals surface area contributed by atoms with Crippen molar-refractivity contribution in [2.45, 2.75) is 104 Å². The third-order valence-corrected chi connectivity index (χ3v) is 10.9. The highest BCUT2D eigenvalue weighted by Crippen LogP contribution is 2.65. The SMILES string of the molecule is CC(C)C[C@@]1(O)CC[C@H]2[C@H](CC[C@@H]3[C@@H]2CC[C@]2(C)[C@@H]([C@@H](C)Cn4cc(C#N)cn4)CC[C@@H]32)C1. The molecule has 1 heterocycles. The van der Waals surface area contributed by atoms with Crippen molar-refractivity contribution >= 4 is 0 Å². The van der Waals surface area contributed by atoms with Gasteiger partial charge in [0, 0.05) is 12.7 Å². The van der Waals surface area contributed by atoms with E-state index < -0.39 is 5.60 Å². The van der Waals surface area contributed by atoms with E-state index in [1.54, 1.807) is 6.20 Å². The highest BCUT2D eigenvalue weighted by atomic mass is 16.3. The van der Waals surface area contributed by atoms with Crippen molar-refractivity contribution in [3.63, 3.8) is 0 Å². The average Bonchev–Trinajstić information content (AvgIpc) is 3.35. The Bertz CT molecular complexity index is 886. The zero-order valence-electron chi connectivity index (χ0n) is 21.3. The number of fused-ring (bicyclic) bond motifs is 5. The number of nitrogens with zero attached hydrogens (tertiary/aromatic N) is 3. The molecule has 4 fully saturated rings. The predicted octanol–water partition coefficient (Wildman–Crippen LogP) is 6.44. The molecule has 4 aliphatic carbocycles. The maximum Gasteiger partial charge on any atom is 0.102 e. The van der Waals surface area contributed by atoms with E-state index in [1.807, 2.05) is 10.9 Å². The van der Waals surface area contributed by atoms with E-state index in [-0.39, 0.29) is 0 Å². The quantitative estimate of drug-likeness (QED) is 0.560. The molecule has 4 saturated carbocycles. The van der Waals surface area contributed by atoms with E-state index in [0.29, 0.717) is 22.8 Å². The van der Waals surface area contributed by atoms with Crippen LogP contribution in [0.2, 0.25) is 0 Å². The van der Waals surface area contributed by atoms with Gasteiger partial charge >= 0.3 is 0 Å². The number of hydrogen-bond acceptors (Lipinski definition) is 3. The summed E-state index contributed by atoms with van der Waals surface area (Å²) in [5.41, 5.74) is 0.741.